The van der Waals surface area contributed by atoms with Gasteiger partial charge < -0.3 is 5.32 Å². The number of likely N-dealkylation sites (N-methyl/N-ethyl adjacent to an activating group) is 1. The molecule has 1 nitrogen and oxygen atoms in total. The molecule has 2 aliphatic rings. The zero-order chi connectivity index (χ0) is 13.8. The Kier molecular flexibility index (Phi) is 5.06. The molecule has 3 rings (SSSR count). The average molecular weight is 289 g/mol. The van der Waals surface area contributed by atoms with Gasteiger partial charge in [0.05, 0.1) is 0 Å². The predicted molar refractivity (Wildman–Crippen MR) is 88.6 cm³/mol. The summed E-state index contributed by atoms with van der Waals surface area (Å²) in [6.07, 6.45) is 8.68. The molecule has 1 N–H and O–H groups in total. The second-order valence-corrected chi connectivity index (χ2v) is 7.42. The minimum atomic E-state index is 0.680. The predicted octanol–water partition coefficient (Wildman–Crippen LogP) is 4.82. The summed E-state index contributed by atoms with van der Waals surface area (Å²) in [7, 11) is 0. The first-order chi connectivity index (χ1) is 9.88. The zero-order valence-corrected chi connectivity index (χ0v) is 13.4. The van der Waals surface area contributed by atoms with Crippen molar-refractivity contribution in [2.24, 2.45) is 5.92 Å². The first-order valence-electron chi connectivity index (χ1n) is 8.33. The minimum absolute atomic E-state index is 0.680. The molecule has 1 saturated carbocycles. The van der Waals surface area contributed by atoms with Crippen LogP contribution in [0.3, 0.4) is 0 Å². The van der Waals surface area contributed by atoms with Crippen LogP contribution in [0.4, 0.5) is 0 Å². The second-order valence-electron chi connectivity index (χ2n) is 6.36. The summed E-state index contributed by atoms with van der Waals surface area (Å²) in [6, 6.07) is 9.72. The molecule has 1 aliphatic carbocycles. The summed E-state index contributed by atoms with van der Waals surface area (Å²) >= 11 is 2.05. The Labute approximate surface area is 127 Å². The van der Waals surface area contributed by atoms with Gasteiger partial charge in [-0.25, -0.2) is 0 Å². The fourth-order valence-electron chi connectivity index (χ4n) is 3.95. The topological polar surface area (TPSA) is 12.0 Å². The third-order valence-electron chi connectivity index (χ3n) is 5.00. The van der Waals surface area contributed by atoms with Crippen LogP contribution in [0.5, 0.6) is 0 Å². The Balaban J connectivity index is 1.70. The quantitative estimate of drug-likeness (QED) is 0.833. The molecule has 2 heteroatoms. The van der Waals surface area contributed by atoms with E-state index in [-0.39, 0.29) is 0 Å². The lowest BCUT2D eigenvalue weighted by molar-refractivity contribution is 0.285. The van der Waals surface area contributed by atoms with Gasteiger partial charge in [0.15, 0.2) is 0 Å². The van der Waals surface area contributed by atoms with Crippen LogP contribution in [0.1, 0.15) is 56.9 Å². The van der Waals surface area contributed by atoms with Gasteiger partial charge in [-0.2, -0.15) is 0 Å². The van der Waals surface area contributed by atoms with Crippen LogP contribution in [0.15, 0.2) is 29.2 Å². The highest BCUT2D eigenvalue weighted by Gasteiger charge is 2.31. The molecule has 20 heavy (non-hydrogen) atoms. The van der Waals surface area contributed by atoms with Crippen molar-refractivity contribution in [1.29, 1.82) is 0 Å². The first-order valence-corrected chi connectivity index (χ1v) is 9.32. The van der Waals surface area contributed by atoms with Crippen molar-refractivity contribution >= 4 is 11.8 Å². The van der Waals surface area contributed by atoms with Gasteiger partial charge in [0, 0.05) is 22.6 Å². The monoisotopic (exact) mass is 289 g/mol. The van der Waals surface area contributed by atoms with Crippen LogP contribution in [-0.4, -0.2) is 18.3 Å². The summed E-state index contributed by atoms with van der Waals surface area (Å²) in [5.41, 5.74) is 1.60. The standard InChI is InChI=1S/C18H27NS/c1-2-19-17(12-14-8-4-3-5-9-14)16-13-20-18-11-7-6-10-15(16)18/h6-7,10-11,14,16-17,19H,2-5,8-9,12-13H2,1H3. The summed E-state index contributed by atoms with van der Waals surface area (Å²) < 4.78 is 0. The molecule has 2 unspecified atom stereocenters. The zero-order valence-electron chi connectivity index (χ0n) is 12.6. The van der Waals surface area contributed by atoms with E-state index < -0.39 is 0 Å². The molecular weight excluding hydrogens is 262 g/mol. The Morgan fingerprint density at radius 2 is 2.00 bits per heavy atom. The van der Waals surface area contributed by atoms with Gasteiger partial charge in [-0.05, 0) is 30.5 Å². The molecule has 1 aliphatic heterocycles. The number of thioether (sulfide) groups is 1. The van der Waals surface area contributed by atoms with E-state index >= 15 is 0 Å². The van der Waals surface area contributed by atoms with Gasteiger partial charge in [0.1, 0.15) is 0 Å². The molecule has 2 atom stereocenters. The first kappa shape index (κ1) is 14.5. The highest BCUT2D eigenvalue weighted by molar-refractivity contribution is 7.99. The smallest absolute Gasteiger partial charge is 0.0147 e. The number of fused-ring (bicyclic) bond motifs is 1. The molecule has 0 spiro atoms. The summed E-state index contributed by atoms with van der Waals surface area (Å²) in [4.78, 5) is 1.52. The number of hydrogen-bond acceptors (Lipinski definition) is 2. The van der Waals surface area contributed by atoms with Gasteiger partial charge in [-0.15, -0.1) is 11.8 Å². The summed E-state index contributed by atoms with van der Waals surface area (Å²) in [5.74, 6) is 2.95. The van der Waals surface area contributed by atoms with Gasteiger partial charge >= 0.3 is 0 Å². The van der Waals surface area contributed by atoms with E-state index in [0.717, 1.165) is 18.4 Å². The average Bonchev–Trinajstić information content (AvgIpc) is 2.92. The molecule has 1 heterocycles. The van der Waals surface area contributed by atoms with Crippen LogP contribution >= 0.6 is 11.8 Å². The van der Waals surface area contributed by atoms with Crippen LogP contribution < -0.4 is 5.32 Å². The van der Waals surface area contributed by atoms with E-state index in [1.165, 1.54) is 49.2 Å². The SMILES string of the molecule is CCNC(CC1CCCCC1)C1CSc2ccccc21. The third kappa shape index (κ3) is 3.23. The maximum atomic E-state index is 3.80. The molecule has 0 bridgehead atoms. The Bertz CT molecular complexity index is 425. The Morgan fingerprint density at radius 1 is 1.20 bits per heavy atom. The van der Waals surface area contributed by atoms with Crippen LogP contribution in [0.25, 0.3) is 0 Å². The molecular formula is C18H27NS. The fraction of sp³-hybridized carbons (Fsp3) is 0.667. The fourth-order valence-corrected chi connectivity index (χ4v) is 5.29. The lowest BCUT2D eigenvalue weighted by atomic mass is 9.80. The van der Waals surface area contributed by atoms with E-state index in [4.69, 9.17) is 0 Å². The van der Waals surface area contributed by atoms with Crippen molar-refractivity contribution in [2.75, 3.05) is 12.3 Å². The second kappa shape index (κ2) is 7.00. The van der Waals surface area contributed by atoms with Crippen molar-refractivity contribution in [1.82, 2.24) is 5.32 Å². The van der Waals surface area contributed by atoms with Gasteiger partial charge in [0.25, 0.3) is 0 Å². The van der Waals surface area contributed by atoms with Crippen molar-refractivity contribution in [2.45, 2.75) is 62.3 Å². The van der Waals surface area contributed by atoms with Gasteiger partial charge in [0.2, 0.25) is 0 Å². The van der Waals surface area contributed by atoms with E-state index in [1.807, 2.05) is 0 Å². The van der Waals surface area contributed by atoms with E-state index in [1.54, 1.807) is 5.56 Å². The van der Waals surface area contributed by atoms with Gasteiger partial charge in [-0.1, -0.05) is 57.2 Å². The molecule has 0 amide bonds. The highest BCUT2D eigenvalue weighted by atomic mass is 32.2. The number of benzene rings is 1. The number of nitrogens with one attached hydrogen (secondary N) is 1. The molecule has 110 valence electrons. The van der Waals surface area contributed by atoms with Crippen LogP contribution in [0.2, 0.25) is 0 Å². The molecule has 1 aromatic carbocycles. The van der Waals surface area contributed by atoms with Crippen LogP contribution in [-0.2, 0) is 0 Å². The Morgan fingerprint density at radius 3 is 2.80 bits per heavy atom. The summed E-state index contributed by atoms with van der Waals surface area (Å²) in [6.45, 7) is 3.35. The normalized spacial score (nSPS) is 24.6. The minimum Gasteiger partial charge on any atom is -0.314 e. The van der Waals surface area contributed by atoms with Crippen molar-refractivity contribution in [3.63, 3.8) is 0 Å². The van der Waals surface area contributed by atoms with Crippen molar-refractivity contribution in [3.8, 4) is 0 Å². The molecule has 1 fully saturated rings. The van der Waals surface area contributed by atoms with Crippen molar-refractivity contribution < 1.29 is 0 Å². The highest BCUT2D eigenvalue weighted by Crippen LogP contribution is 2.43. The number of hydrogen-bond donors (Lipinski definition) is 1. The van der Waals surface area contributed by atoms with Crippen molar-refractivity contribution in [3.05, 3.63) is 29.8 Å². The molecule has 0 saturated heterocycles. The largest absolute Gasteiger partial charge is 0.314 e. The maximum absolute atomic E-state index is 3.80. The van der Waals surface area contributed by atoms with E-state index in [0.29, 0.717) is 6.04 Å². The Hall–Kier alpha value is -0.470. The van der Waals surface area contributed by atoms with Gasteiger partial charge in [-0.3, -0.25) is 0 Å². The van der Waals surface area contributed by atoms with E-state index in [2.05, 4.69) is 48.3 Å². The molecule has 0 aromatic heterocycles. The lowest BCUT2D eigenvalue weighted by Gasteiger charge is -2.31. The molecule has 1 aromatic rings. The summed E-state index contributed by atoms with van der Waals surface area (Å²) in [5, 5.41) is 3.80. The maximum Gasteiger partial charge on any atom is 0.0147 e. The molecule has 0 radical (unpaired) electrons. The third-order valence-corrected chi connectivity index (χ3v) is 6.21. The number of rotatable bonds is 5. The van der Waals surface area contributed by atoms with E-state index in [9.17, 15) is 0 Å². The lowest BCUT2D eigenvalue weighted by Crippen LogP contribution is -2.37. The van der Waals surface area contributed by atoms with Crippen LogP contribution in [0, 0.1) is 5.92 Å².